The molecule has 0 bridgehead atoms. The summed E-state index contributed by atoms with van der Waals surface area (Å²) >= 11 is 0. The lowest BCUT2D eigenvalue weighted by Gasteiger charge is -2.10. The van der Waals surface area contributed by atoms with Crippen molar-refractivity contribution in [3.8, 4) is 11.5 Å². The van der Waals surface area contributed by atoms with Crippen LogP contribution in [0.4, 0.5) is 0 Å². The van der Waals surface area contributed by atoms with Crippen LogP contribution < -0.4 is 20.5 Å². The van der Waals surface area contributed by atoms with Crippen LogP contribution in [0.1, 0.15) is 16.8 Å². The van der Waals surface area contributed by atoms with Gasteiger partial charge in [-0.1, -0.05) is 5.16 Å². The fraction of sp³-hybridized carbons (Fsp3) is 0.333. The van der Waals surface area contributed by atoms with Gasteiger partial charge < -0.3 is 25.7 Å². The van der Waals surface area contributed by atoms with Crippen molar-refractivity contribution in [2.75, 3.05) is 20.8 Å². The molecule has 0 aliphatic carbocycles. The Hall–Kier alpha value is -2.44. The van der Waals surface area contributed by atoms with E-state index in [1.54, 1.807) is 18.2 Å². The van der Waals surface area contributed by atoms with Gasteiger partial charge in [-0.15, -0.1) is 0 Å². The number of nitrogens with one attached hydrogen (secondary N) is 1. The molecule has 1 amide bonds. The molecule has 7 heteroatoms. The third-order valence-corrected chi connectivity index (χ3v) is 2.45. The molecule has 0 unspecified atom stereocenters. The van der Waals surface area contributed by atoms with E-state index < -0.39 is 0 Å². The summed E-state index contributed by atoms with van der Waals surface area (Å²) in [5.74, 6) is 0.740. The fourth-order valence-electron chi connectivity index (χ4n) is 1.44. The Bertz CT molecular complexity index is 474. The van der Waals surface area contributed by atoms with Gasteiger partial charge >= 0.3 is 0 Å². The van der Waals surface area contributed by atoms with Crippen LogP contribution in [0.3, 0.4) is 0 Å². The summed E-state index contributed by atoms with van der Waals surface area (Å²) in [4.78, 5) is 12.0. The van der Waals surface area contributed by atoms with Crippen LogP contribution in [-0.2, 0) is 0 Å². The van der Waals surface area contributed by atoms with E-state index in [1.807, 2.05) is 0 Å². The first-order chi connectivity index (χ1) is 9.12. The number of oxime groups is 1. The van der Waals surface area contributed by atoms with Gasteiger partial charge in [0.25, 0.3) is 5.91 Å². The van der Waals surface area contributed by atoms with Crippen LogP contribution in [-0.4, -0.2) is 37.7 Å². The number of amides is 1. The lowest BCUT2D eigenvalue weighted by molar-refractivity contribution is 0.0951. The van der Waals surface area contributed by atoms with Gasteiger partial charge in [0.15, 0.2) is 0 Å². The molecule has 4 N–H and O–H groups in total. The Morgan fingerprint density at radius 2 is 2.16 bits per heavy atom. The summed E-state index contributed by atoms with van der Waals surface area (Å²) in [7, 11) is 3.00. The highest BCUT2D eigenvalue weighted by atomic mass is 16.5. The number of nitrogens with zero attached hydrogens (tertiary/aromatic N) is 1. The van der Waals surface area contributed by atoms with Crippen LogP contribution in [0, 0.1) is 0 Å². The van der Waals surface area contributed by atoms with Gasteiger partial charge in [0.2, 0.25) is 0 Å². The molecule has 0 heterocycles. The average molecular weight is 267 g/mol. The maximum absolute atomic E-state index is 12.0. The number of methoxy groups -OCH3 is 2. The zero-order chi connectivity index (χ0) is 14.3. The highest BCUT2D eigenvalue weighted by molar-refractivity contribution is 5.97. The molecule has 1 aromatic carbocycles. The molecule has 1 rings (SSSR count). The maximum Gasteiger partial charge on any atom is 0.255 e. The van der Waals surface area contributed by atoms with Crippen molar-refractivity contribution in [1.82, 2.24) is 5.32 Å². The van der Waals surface area contributed by atoms with Crippen molar-refractivity contribution in [2.24, 2.45) is 10.9 Å². The Morgan fingerprint density at radius 3 is 2.74 bits per heavy atom. The van der Waals surface area contributed by atoms with E-state index in [1.165, 1.54) is 14.2 Å². The molecule has 0 radical (unpaired) electrons. The van der Waals surface area contributed by atoms with Crippen LogP contribution in [0.25, 0.3) is 0 Å². The first-order valence-electron chi connectivity index (χ1n) is 5.59. The zero-order valence-corrected chi connectivity index (χ0v) is 10.8. The molecule has 0 atom stereocenters. The maximum atomic E-state index is 12.0. The Balaban J connectivity index is 2.74. The SMILES string of the molecule is COc1ccc(OC)c(C(=O)NCCC(N)=NO)c1. The predicted octanol–water partition coefficient (Wildman–Crippen LogP) is 0.570. The van der Waals surface area contributed by atoms with E-state index in [0.29, 0.717) is 17.1 Å². The van der Waals surface area contributed by atoms with E-state index >= 15 is 0 Å². The van der Waals surface area contributed by atoms with Gasteiger partial charge in [-0.05, 0) is 18.2 Å². The van der Waals surface area contributed by atoms with Crippen molar-refractivity contribution in [1.29, 1.82) is 0 Å². The summed E-state index contributed by atoms with van der Waals surface area (Å²) < 4.78 is 10.2. The van der Waals surface area contributed by atoms with E-state index in [4.69, 9.17) is 20.4 Å². The molecule has 7 nitrogen and oxygen atoms in total. The van der Waals surface area contributed by atoms with E-state index in [-0.39, 0.29) is 24.7 Å². The number of carbonyl (C=O) groups excluding carboxylic acids is 1. The van der Waals surface area contributed by atoms with Crippen LogP contribution in [0.15, 0.2) is 23.4 Å². The standard InChI is InChI=1S/C12H17N3O4/c1-18-8-3-4-10(19-2)9(7-8)12(16)14-6-5-11(13)15-17/h3-4,7,17H,5-6H2,1-2H3,(H2,13,15)(H,14,16). The molecule has 104 valence electrons. The smallest absolute Gasteiger partial charge is 0.255 e. The molecule has 0 saturated carbocycles. The summed E-state index contributed by atoms with van der Waals surface area (Å²) in [6, 6.07) is 4.93. The summed E-state index contributed by atoms with van der Waals surface area (Å²) in [5, 5.41) is 13.8. The van der Waals surface area contributed by atoms with Crippen molar-refractivity contribution in [2.45, 2.75) is 6.42 Å². The largest absolute Gasteiger partial charge is 0.497 e. The highest BCUT2D eigenvalue weighted by Gasteiger charge is 2.13. The number of hydrogen-bond donors (Lipinski definition) is 3. The van der Waals surface area contributed by atoms with E-state index in [0.717, 1.165) is 0 Å². The normalized spacial score (nSPS) is 10.9. The fourth-order valence-corrected chi connectivity index (χ4v) is 1.44. The number of rotatable bonds is 6. The van der Waals surface area contributed by atoms with Gasteiger partial charge in [-0.3, -0.25) is 4.79 Å². The molecule has 0 aliphatic heterocycles. The molecular formula is C12H17N3O4. The number of benzene rings is 1. The topological polar surface area (TPSA) is 106 Å². The van der Waals surface area contributed by atoms with Crippen molar-refractivity contribution < 1.29 is 19.5 Å². The molecule has 0 saturated heterocycles. The lowest BCUT2D eigenvalue weighted by Crippen LogP contribution is -2.28. The van der Waals surface area contributed by atoms with Crippen molar-refractivity contribution in [3.05, 3.63) is 23.8 Å². The first-order valence-corrected chi connectivity index (χ1v) is 5.59. The van der Waals surface area contributed by atoms with Gasteiger partial charge in [0.05, 0.1) is 19.8 Å². The average Bonchev–Trinajstić information content (AvgIpc) is 2.45. The third-order valence-electron chi connectivity index (χ3n) is 2.45. The third kappa shape index (κ3) is 4.06. The minimum atomic E-state index is -0.318. The zero-order valence-electron chi connectivity index (χ0n) is 10.8. The minimum absolute atomic E-state index is 0.0536. The lowest BCUT2D eigenvalue weighted by atomic mass is 10.1. The predicted molar refractivity (Wildman–Crippen MR) is 69.9 cm³/mol. The summed E-state index contributed by atoms with van der Waals surface area (Å²) in [6.07, 6.45) is 0.258. The van der Waals surface area contributed by atoms with Crippen LogP contribution >= 0.6 is 0 Å². The summed E-state index contributed by atoms with van der Waals surface area (Å²) in [5.41, 5.74) is 5.67. The quantitative estimate of drug-likeness (QED) is 0.302. The Kier molecular flexibility index (Phi) is 5.46. The molecule has 0 aliphatic rings. The van der Waals surface area contributed by atoms with Gasteiger partial charge in [0, 0.05) is 13.0 Å². The second-order valence-corrected chi connectivity index (χ2v) is 3.66. The van der Waals surface area contributed by atoms with Crippen molar-refractivity contribution >= 4 is 11.7 Å². The Morgan fingerprint density at radius 1 is 1.42 bits per heavy atom. The second kappa shape index (κ2) is 7.10. The van der Waals surface area contributed by atoms with Crippen molar-refractivity contribution in [3.63, 3.8) is 0 Å². The minimum Gasteiger partial charge on any atom is -0.497 e. The first kappa shape index (κ1) is 14.6. The van der Waals surface area contributed by atoms with E-state index in [2.05, 4.69) is 10.5 Å². The van der Waals surface area contributed by atoms with Gasteiger partial charge in [-0.25, -0.2) is 0 Å². The second-order valence-electron chi connectivity index (χ2n) is 3.66. The number of hydrogen-bond acceptors (Lipinski definition) is 5. The highest BCUT2D eigenvalue weighted by Crippen LogP contribution is 2.23. The number of carbonyl (C=O) groups is 1. The van der Waals surface area contributed by atoms with E-state index in [9.17, 15) is 4.79 Å². The molecular weight excluding hydrogens is 250 g/mol. The molecule has 0 aromatic heterocycles. The van der Waals surface area contributed by atoms with Gasteiger partial charge in [-0.2, -0.15) is 0 Å². The van der Waals surface area contributed by atoms with Crippen LogP contribution in [0.2, 0.25) is 0 Å². The molecule has 19 heavy (non-hydrogen) atoms. The monoisotopic (exact) mass is 267 g/mol. The van der Waals surface area contributed by atoms with Crippen LogP contribution in [0.5, 0.6) is 11.5 Å². The Labute approximate surface area is 111 Å². The number of amidine groups is 1. The number of nitrogens with two attached hydrogens (primary N) is 1. The molecule has 0 fully saturated rings. The summed E-state index contributed by atoms with van der Waals surface area (Å²) in [6.45, 7) is 0.259. The number of ether oxygens (including phenoxy) is 2. The molecule has 1 aromatic rings. The molecule has 0 spiro atoms. The van der Waals surface area contributed by atoms with Gasteiger partial charge in [0.1, 0.15) is 17.3 Å².